The molecular formula is C9H6F5NO3. The molecule has 0 spiro atoms. The Bertz CT molecular complexity index is 520. The Labute approximate surface area is 96.4 Å². The van der Waals surface area contributed by atoms with Crippen LogP contribution in [0.4, 0.5) is 22.0 Å². The molecule has 0 aliphatic heterocycles. The van der Waals surface area contributed by atoms with Crippen LogP contribution >= 0.6 is 0 Å². The highest BCUT2D eigenvalue weighted by atomic mass is 19.4. The quantitative estimate of drug-likeness (QED) is 0.662. The molecule has 1 aromatic heterocycles. The van der Waals surface area contributed by atoms with Crippen LogP contribution in [-0.4, -0.2) is 18.1 Å². The minimum absolute atomic E-state index is 0.336. The first-order valence-corrected chi connectivity index (χ1v) is 4.39. The third-order valence-corrected chi connectivity index (χ3v) is 1.98. The molecule has 0 aliphatic carbocycles. The van der Waals surface area contributed by atoms with E-state index in [-0.39, 0.29) is 0 Å². The number of H-pyrrole nitrogens is 1. The molecule has 1 aromatic rings. The second-order valence-corrected chi connectivity index (χ2v) is 3.13. The van der Waals surface area contributed by atoms with Crippen LogP contribution in [0.25, 0.3) is 0 Å². The van der Waals surface area contributed by atoms with Gasteiger partial charge in [0.1, 0.15) is 11.4 Å². The van der Waals surface area contributed by atoms with Gasteiger partial charge in [0.05, 0.1) is 12.7 Å². The summed E-state index contributed by atoms with van der Waals surface area (Å²) in [5.74, 6) is -1.27. The number of pyridine rings is 1. The summed E-state index contributed by atoms with van der Waals surface area (Å²) in [5, 5.41) is 0. The Kier molecular flexibility index (Phi) is 3.73. The Balaban J connectivity index is 3.58. The highest BCUT2D eigenvalue weighted by Crippen LogP contribution is 2.33. The van der Waals surface area contributed by atoms with Gasteiger partial charge in [-0.25, -0.2) is 13.6 Å². The molecule has 18 heavy (non-hydrogen) atoms. The standard InChI is InChI=1S/C9H6F5NO3/c1-18-8(17)3-2-4(16)5(7(10)11)6(15-3)9(12,13)14/h2,7H,1H3,(H,15,16). The molecule has 1 rings (SSSR count). The lowest BCUT2D eigenvalue weighted by atomic mass is 10.1. The van der Waals surface area contributed by atoms with Crippen LogP contribution in [-0.2, 0) is 10.9 Å². The molecule has 9 heteroatoms. The van der Waals surface area contributed by atoms with Crippen molar-refractivity contribution >= 4 is 5.97 Å². The fourth-order valence-corrected chi connectivity index (χ4v) is 1.23. The lowest BCUT2D eigenvalue weighted by molar-refractivity contribution is -0.143. The number of alkyl halides is 5. The summed E-state index contributed by atoms with van der Waals surface area (Å²) in [6.07, 6.45) is -8.83. The number of rotatable bonds is 2. The topological polar surface area (TPSA) is 59.2 Å². The third kappa shape index (κ3) is 2.66. The van der Waals surface area contributed by atoms with Crippen LogP contribution in [0.5, 0.6) is 0 Å². The molecule has 0 saturated carbocycles. The zero-order valence-electron chi connectivity index (χ0n) is 8.77. The summed E-state index contributed by atoms with van der Waals surface area (Å²) in [5.41, 5.74) is -6.11. The number of halogens is 5. The van der Waals surface area contributed by atoms with E-state index in [0.717, 1.165) is 7.11 Å². The molecule has 0 aliphatic rings. The number of methoxy groups -OCH3 is 1. The first-order valence-electron chi connectivity index (χ1n) is 4.39. The fraction of sp³-hybridized carbons (Fsp3) is 0.333. The SMILES string of the molecule is COC(=O)c1cc(=O)c(C(F)F)c(C(F)(F)F)[nH]1. The number of hydrogen-bond acceptors (Lipinski definition) is 3. The smallest absolute Gasteiger partial charge is 0.431 e. The van der Waals surface area contributed by atoms with Crippen molar-refractivity contribution in [2.75, 3.05) is 7.11 Å². The number of carbonyl (C=O) groups excluding carboxylic acids is 1. The van der Waals surface area contributed by atoms with Gasteiger partial charge in [0.25, 0.3) is 6.43 Å². The van der Waals surface area contributed by atoms with Gasteiger partial charge in [-0.1, -0.05) is 0 Å². The number of ether oxygens (including phenoxy) is 1. The van der Waals surface area contributed by atoms with E-state index in [4.69, 9.17) is 0 Å². The summed E-state index contributed by atoms with van der Waals surface area (Å²) in [6.45, 7) is 0. The first kappa shape index (κ1) is 14.1. The van der Waals surface area contributed by atoms with Crippen molar-refractivity contribution in [1.29, 1.82) is 0 Å². The van der Waals surface area contributed by atoms with Crippen LogP contribution in [0.1, 0.15) is 28.2 Å². The minimum Gasteiger partial charge on any atom is -0.464 e. The van der Waals surface area contributed by atoms with Gasteiger partial charge in [-0.05, 0) is 0 Å². The van der Waals surface area contributed by atoms with E-state index >= 15 is 0 Å². The lowest BCUT2D eigenvalue weighted by Gasteiger charge is -2.12. The van der Waals surface area contributed by atoms with Gasteiger partial charge in [-0.2, -0.15) is 13.2 Å². The normalized spacial score (nSPS) is 11.7. The van der Waals surface area contributed by atoms with E-state index < -0.39 is 41.0 Å². The Morgan fingerprint density at radius 2 is 1.94 bits per heavy atom. The number of carbonyl (C=O) groups is 1. The average Bonchev–Trinajstić information content (AvgIpc) is 2.25. The predicted octanol–water partition coefficient (Wildman–Crippen LogP) is 2.12. The highest BCUT2D eigenvalue weighted by Gasteiger charge is 2.39. The lowest BCUT2D eigenvalue weighted by Crippen LogP contribution is -2.24. The zero-order valence-corrected chi connectivity index (χ0v) is 8.77. The molecule has 0 saturated heterocycles. The predicted molar refractivity (Wildman–Crippen MR) is 48.4 cm³/mol. The van der Waals surface area contributed by atoms with E-state index in [9.17, 15) is 31.5 Å². The second-order valence-electron chi connectivity index (χ2n) is 3.13. The molecule has 0 amide bonds. The van der Waals surface area contributed by atoms with Crippen molar-refractivity contribution in [3.63, 3.8) is 0 Å². The van der Waals surface area contributed by atoms with Crippen LogP contribution in [0.3, 0.4) is 0 Å². The summed E-state index contributed by atoms with van der Waals surface area (Å²) < 4.78 is 66.3. The monoisotopic (exact) mass is 271 g/mol. The van der Waals surface area contributed by atoms with Crippen molar-refractivity contribution in [1.82, 2.24) is 4.98 Å². The molecule has 0 fully saturated rings. The van der Waals surface area contributed by atoms with Crippen molar-refractivity contribution in [3.8, 4) is 0 Å². The molecule has 4 nitrogen and oxygen atoms in total. The third-order valence-electron chi connectivity index (χ3n) is 1.98. The van der Waals surface area contributed by atoms with Crippen molar-refractivity contribution in [2.45, 2.75) is 12.6 Å². The molecule has 100 valence electrons. The number of nitrogens with one attached hydrogen (secondary N) is 1. The molecule has 0 atom stereocenters. The van der Waals surface area contributed by atoms with E-state index in [1.807, 2.05) is 0 Å². The number of aromatic nitrogens is 1. The van der Waals surface area contributed by atoms with Gasteiger partial charge in [0.15, 0.2) is 5.43 Å². The average molecular weight is 271 g/mol. The van der Waals surface area contributed by atoms with Crippen molar-refractivity contribution in [3.05, 3.63) is 33.2 Å². The Morgan fingerprint density at radius 1 is 1.39 bits per heavy atom. The molecule has 0 bridgehead atoms. The molecule has 0 radical (unpaired) electrons. The van der Waals surface area contributed by atoms with Gasteiger partial charge in [0.2, 0.25) is 0 Å². The molecule has 0 unspecified atom stereocenters. The Hall–Kier alpha value is -1.93. The maximum atomic E-state index is 12.5. The van der Waals surface area contributed by atoms with Crippen LogP contribution in [0.15, 0.2) is 10.9 Å². The summed E-state index contributed by atoms with van der Waals surface area (Å²) in [6, 6.07) is 0.336. The van der Waals surface area contributed by atoms with Gasteiger partial charge in [0, 0.05) is 6.07 Å². The van der Waals surface area contributed by atoms with Gasteiger partial charge in [-0.3, -0.25) is 4.79 Å². The summed E-state index contributed by atoms with van der Waals surface area (Å²) in [4.78, 5) is 23.6. The Morgan fingerprint density at radius 3 is 2.33 bits per heavy atom. The second kappa shape index (κ2) is 4.75. The highest BCUT2D eigenvalue weighted by molar-refractivity contribution is 5.87. The van der Waals surface area contributed by atoms with Crippen molar-refractivity contribution in [2.24, 2.45) is 0 Å². The number of hydrogen-bond donors (Lipinski definition) is 1. The van der Waals surface area contributed by atoms with Crippen LogP contribution in [0.2, 0.25) is 0 Å². The molecule has 1 heterocycles. The maximum absolute atomic E-state index is 12.5. The fourth-order valence-electron chi connectivity index (χ4n) is 1.23. The molecular weight excluding hydrogens is 265 g/mol. The maximum Gasteiger partial charge on any atom is 0.431 e. The van der Waals surface area contributed by atoms with Crippen LogP contribution in [0, 0.1) is 0 Å². The van der Waals surface area contributed by atoms with Gasteiger partial charge >= 0.3 is 12.1 Å². The zero-order chi connectivity index (χ0) is 14.1. The summed E-state index contributed by atoms with van der Waals surface area (Å²) >= 11 is 0. The van der Waals surface area contributed by atoms with E-state index in [1.165, 1.54) is 4.98 Å². The largest absolute Gasteiger partial charge is 0.464 e. The van der Waals surface area contributed by atoms with Gasteiger partial charge < -0.3 is 9.72 Å². The van der Waals surface area contributed by atoms with E-state index in [2.05, 4.69) is 4.74 Å². The van der Waals surface area contributed by atoms with Crippen LogP contribution < -0.4 is 5.43 Å². The van der Waals surface area contributed by atoms with E-state index in [1.54, 1.807) is 0 Å². The van der Waals surface area contributed by atoms with E-state index in [0.29, 0.717) is 6.07 Å². The number of esters is 1. The number of aromatic amines is 1. The summed E-state index contributed by atoms with van der Waals surface area (Å²) in [7, 11) is 0.870. The van der Waals surface area contributed by atoms with Crippen molar-refractivity contribution < 1.29 is 31.5 Å². The molecule has 1 N–H and O–H groups in total. The molecule has 0 aromatic carbocycles. The minimum atomic E-state index is -5.21. The van der Waals surface area contributed by atoms with Gasteiger partial charge in [-0.15, -0.1) is 0 Å². The first-order chi connectivity index (χ1) is 8.18.